The highest BCUT2D eigenvalue weighted by Gasteiger charge is 2.14. The van der Waals surface area contributed by atoms with Gasteiger partial charge in [-0.15, -0.1) is 0 Å². The first-order valence-electron chi connectivity index (χ1n) is 10.2. The quantitative estimate of drug-likeness (QED) is 0.470. The van der Waals surface area contributed by atoms with Crippen molar-refractivity contribution in [3.05, 3.63) is 52.3 Å². The second-order valence-corrected chi connectivity index (χ2v) is 7.31. The van der Waals surface area contributed by atoms with Crippen molar-refractivity contribution in [3.8, 4) is 0 Å². The molecule has 2 aromatic rings. The third-order valence-electron chi connectivity index (χ3n) is 4.98. The summed E-state index contributed by atoms with van der Waals surface area (Å²) in [6, 6.07) is 7.91. The summed E-state index contributed by atoms with van der Waals surface area (Å²) in [6.07, 6.45) is 1.67. The summed E-state index contributed by atoms with van der Waals surface area (Å²) in [4.78, 5) is 16.5. The van der Waals surface area contributed by atoms with Gasteiger partial charge in [0.05, 0.1) is 5.69 Å². The topological polar surface area (TPSA) is 83.3 Å². The van der Waals surface area contributed by atoms with Crippen LogP contribution in [0.1, 0.15) is 46.7 Å². The highest BCUT2D eigenvalue weighted by molar-refractivity contribution is 5.94. The Morgan fingerprint density at radius 3 is 2.69 bits per heavy atom. The van der Waals surface area contributed by atoms with Crippen LogP contribution in [-0.2, 0) is 19.9 Å². The molecule has 1 unspecified atom stereocenters. The minimum Gasteiger partial charge on any atom is -0.357 e. The number of amides is 1. The Bertz CT molecular complexity index is 855. The van der Waals surface area contributed by atoms with Crippen LogP contribution in [0.25, 0.3) is 0 Å². The van der Waals surface area contributed by atoms with Crippen LogP contribution in [0.2, 0.25) is 0 Å². The number of hydrogen-bond acceptors (Lipinski definition) is 3. The van der Waals surface area contributed by atoms with Crippen molar-refractivity contribution in [2.45, 2.75) is 46.6 Å². The Kier molecular flexibility index (Phi) is 8.24. The van der Waals surface area contributed by atoms with Gasteiger partial charge in [-0.1, -0.05) is 12.1 Å². The van der Waals surface area contributed by atoms with Crippen molar-refractivity contribution in [1.82, 2.24) is 25.7 Å². The fourth-order valence-electron chi connectivity index (χ4n) is 3.33. The zero-order valence-electron chi connectivity index (χ0n) is 18.5. The van der Waals surface area contributed by atoms with Crippen LogP contribution < -0.4 is 16.0 Å². The molecule has 1 aromatic carbocycles. The van der Waals surface area contributed by atoms with Crippen molar-refractivity contribution in [2.75, 3.05) is 20.1 Å². The van der Waals surface area contributed by atoms with Crippen LogP contribution in [0, 0.1) is 13.8 Å². The summed E-state index contributed by atoms with van der Waals surface area (Å²) < 4.78 is 1.93. The predicted molar refractivity (Wildman–Crippen MR) is 118 cm³/mol. The summed E-state index contributed by atoms with van der Waals surface area (Å²) in [6.45, 7) is 9.82. The van der Waals surface area contributed by atoms with E-state index >= 15 is 0 Å². The number of aliphatic imine (C=N–C) groups is 1. The monoisotopic (exact) mass is 398 g/mol. The summed E-state index contributed by atoms with van der Waals surface area (Å²) in [7, 11) is 3.62. The Labute approximate surface area is 174 Å². The molecule has 0 saturated heterocycles. The smallest absolute Gasteiger partial charge is 0.251 e. The minimum absolute atomic E-state index is 0.0693. The third kappa shape index (κ3) is 6.34. The summed E-state index contributed by atoms with van der Waals surface area (Å²) in [5.74, 6) is 0.738. The normalized spacial score (nSPS) is 12.6. The average molecular weight is 399 g/mol. The van der Waals surface area contributed by atoms with Crippen LogP contribution in [0.15, 0.2) is 29.3 Å². The van der Waals surface area contributed by atoms with E-state index in [1.54, 1.807) is 7.05 Å². The number of benzene rings is 1. The van der Waals surface area contributed by atoms with E-state index < -0.39 is 0 Å². The van der Waals surface area contributed by atoms with E-state index in [2.05, 4.69) is 48.7 Å². The molecule has 0 aliphatic heterocycles. The maximum absolute atomic E-state index is 11.8. The van der Waals surface area contributed by atoms with E-state index in [9.17, 15) is 4.79 Å². The predicted octanol–water partition coefficient (Wildman–Crippen LogP) is 2.13. The van der Waals surface area contributed by atoms with Crippen molar-refractivity contribution in [3.63, 3.8) is 0 Å². The second-order valence-electron chi connectivity index (χ2n) is 7.31. The van der Waals surface area contributed by atoms with Crippen LogP contribution in [-0.4, -0.2) is 47.8 Å². The number of carbonyl (C=O) groups excluding carboxylic acids is 1. The van der Waals surface area contributed by atoms with Gasteiger partial charge in [0.15, 0.2) is 5.96 Å². The molecular formula is C22H34N6O. The van der Waals surface area contributed by atoms with E-state index in [-0.39, 0.29) is 11.9 Å². The molecule has 7 heteroatoms. The molecule has 0 aliphatic carbocycles. The molecule has 0 aliphatic rings. The molecule has 1 heterocycles. The zero-order valence-corrected chi connectivity index (χ0v) is 18.5. The average Bonchev–Trinajstić information content (AvgIpc) is 2.93. The molecular weight excluding hydrogens is 364 g/mol. The molecule has 7 nitrogen and oxygen atoms in total. The Morgan fingerprint density at radius 1 is 1.31 bits per heavy atom. The summed E-state index contributed by atoms with van der Waals surface area (Å²) in [5.41, 5.74) is 5.34. The highest BCUT2D eigenvalue weighted by Crippen LogP contribution is 2.14. The van der Waals surface area contributed by atoms with Crippen molar-refractivity contribution >= 4 is 11.9 Å². The van der Waals surface area contributed by atoms with Gasteiger partial charge in [0.25, 0.3) is 5.91 Å². The molecule has 0 spiro atoms. The van der Waals surface area contributed by atoms with Crippen LogP contribution in [0.3, 0.4) is 0 Å². The number of nitrogens with zero attached hydrogens (tertiary/aromatic N) is 3. The van der Waals surface area contributed by atoms with Gasteiger partial charge in [0.2, 0.25) is 0 Å². The zero-order chi connectivity index (χ0) is 21.4. The molecule has 1 aromatic heterocycles. The molecule has 1 amide bonds. The van der Waals surface area contributed by atoms with Gasteiger partial charge in [-0.25, -0.2) is 0 Å². The second kappa shape index (κ2) is 10.6. The Hall–Kier alpha value is -2.83. The largest absolute Gasteiger partial charge is 0.357 e. The van der Waals surface area contributed by atoms with Crippen LogP contribution >= 0.6 is 0 Å². The standard InChI is InChI=1S/C22H34N6O/c1-7-24-22(26-15(2)13-20-16(3)27-28(6)17(20)4)25-12-11-18-9-8-10-19(14-18)21(29)23-5/h8-10,14-15H,7,11-13H2,1-6H3,(H,23,29)(H2,24,25,26). The van der Waals surface area contributed by atoms with Crippen molar-refractivity contribution < 1.29 is 4.79 Å². The first kappa shape index (κ1) is 22.5. The lowest BCUT2D eigenvalue weighted by Gasteiger charge is -2.18. The summed E-state index contributed by atoms with van der Waals surface area (Å²) >= 11 is 0. The number of aryl methyl sites for hydroxylation is 2. The highest BCUT2D eigenvalue weighted by atomic mass is 16.1. The third-order valence-corrected chi connectivity index (χ3v) is 4.98. The molecule has 2 rings (SSSR count). The van der Waals surface area contributed by atoms with E-state index in [0.717, 1.165) is 36.6 Å². The van der Waals surface area contributed by atoms with E-state index in [1.807, 2.05) is 36.0 Å². The van der Waals surface area contributed by atoms with E-state index in [0.29, 0.717) is 12.1 Å². The van der Waals surface area contributed by atoms with Gasteiger partial charge in [-0.3, -0.25) is 14.5 Å². The lowest BCUT2D eigenvalue weighted by molar-refractivity contribution is 0.0963. The van der Waals surface area contributed by atoms with Gasteiger partial charge in [-0.2, -0.15) is 5.10 Å². The fraction of sp³-hybridized carbons (Fsp3) is 0.500. The molecule has 0 fully saturated rings. The maximum Gasteiger partial charge on any atom is 0.251 e. The van der Waals surface area contributed by atoms with Gasteiger partial charge >= 0.3 is 0 Å². The van der Waals surface area contributed by atoms with Gasteiger partial charge in [0, 0.05) is 44.5 Å². The van der Waals surface area contributed by atoms with Gasteiger partial charge < -0.3 is 16.0 Å². The lowest BCUT2D eigenvalue weighted by Crippen LogP contribution is -2.43. The Morgan fingerprint density at radius 2 is 2.07 bits per heavy atom. The number of hydrogen-bond donors (Lipinski definition) is 3. The molecule has 0 radical (unpaired) electrons. The van der Waals surface area contributed by atoms with Gasteiger partial charge in [-0.05, 0) is 63.8 Å². The number of rotatable bonds is 8. The molecule has 1 atom stereocenters. The SMILES string of the molecule is CCNC(=NCCc1cccc(C(=O)NC)c1)NC(C)Cc1c(C)nn(C)c1C. The minimum atomic E-state index is -0.0693. The molecule has 3 N–H and O–H groups in total. The van der Waals surface area contributed by atoms with E-state index in [1.165, 1.54) is 11.3 Å². The number of aromatic nitrogens is 2. The fourth-order valence-corrected chi connectivity index (χ4v) is 3.33. The van der Waals surface area contributed by atoms with Crippen LogP contribution in [0.4, 0.5) is 0 Å². The first-order chi connectivity index (χ1) is 13.8. The molecule has 158 valence electrons. The maximum atomic E-state index is 11.8. The number of carbonyl (C=O) groups is 1. The molecule has 29 heavy (non-hydrogen) atoms. The first-order valence-corrected chi connectivity index (χ1v) is 10.2. The summed E-state index contributed by atoms with van der Waals surface area (Å²) in [5, 5.41) is 14.0. The Balaban J connectivity index is 1.98. The van der Waals surface area contributed by atoms with Crippen molar-refractivity contribution in [2.24, 2.45) is 12.0 Å². The lowest BCUT2D eigenvalue weighted by atomic mass is 10.1. The number of guanidine groups is 1. The van der Waals surface area contributed by atoms with Crippen LogP contribution in [0.5, 0.6) is 0 Å². The number of nitrogens with one attached hydrogen (secondary N) is 3. The van der Waals surface area contributed by atoms with Gasteiger partial charge in [0.1, 0.15) is 0 Å². The molecule has 0 bridgehead atoms. The van der Waals surface area contributed by atoms with E-state index in [4.69, 9.17) is 4.99 Å². The molecule has 0 saturated carbocycles. The van der Waals surface area contributed by atoms with Crippen molar-refractivity contribution in [1.29, 1.82) is 0 Å².